The Balaban J connectivity index is 1.48. The zero-order chi connectivity index (χ0) is 26.6. The Morgan fingerprint density at radius 1 is 1.05 bits per heavy atom. The third-order valence-electron chi connectivity index (χ3n) is 7.37. The van der Waals surface area contributed by atoms with Gasteiger partial charge in [0.2, 0.25) is 6.41 Å². The standard InChI is InChI=1S/C30H29ClFN3O2S/c1-33-22-11-13-24(14-12-22)35(30(37)29-28(31)25-4-2-3-5-27(25)38-29)17-21-16-20(8-15-26(21)32)19-6-9-23(10-7-19)34-18-36/h2-10,15-16,18,22,24,33H,11-14,17H2,1H3,(H,34,36)/t22-,24-. The molecule has 0 saturated heterocycles. The number of carbonyl (C=O) groups excluding carboxylic acids is 2. The summed E-state index contributed by atoms with van der Waals surface area (Å²) in [5.74, 6) is -0.504. The van der Waals surface area contributed by atoms with Gasteiger partial charge < -0.3 is 15.5 Å². The predicted molar refractivity (Wildman–Crippen MR) is 153 cm³/mol. The van der Waals surface area contributed by atoms with Crippen molar-refractivity contribution in [2.45, 2.75) is 44.3 Å². The minimum atomic E-state index is -0.350. The van der Waals surface area contributed by atoms with E-state index in [1.54, 1.807) is 18.2 Å². The van der Waals surface area contributed by atoms with Crippen molar-refractivity contribution in [3.05, 3.63) is 88.0 Å². The number of nitrogens with one attached hydrogen (secondary N) is 2. The predicted octanol–water partition coefficient (Wildman–Crippen LogP) is 7.10. The van der Waals surface area contributed by atoms with Crippen molar-refractivity contribution in [3.8, 4) is 11.1 Å². The van der Waals surface area contributed by atoms with E-state index in [0.717, 1.165) is 46.9 Å². The van der Waals surface area contributed by atoms with Crippen LogP contribution in [0.15, 0.2) is 66.7 Å². The zero-order valence-corrected chi connectivity index (χ0v) is 22.6. The third-order valence-corrected chi connectivity index (χ3v) is 9.03. The summed E-state index contributed by atoms with van der Waals surface area (Å²) >= 11 is 8.10. The van der Waals surface area contributed by atoms with Gasteiger partial charge in [0, 0.05) is 40.0 Å². The fourth-order valence-corrected chi connectivity index (χ4v) is 6.68. The zero-order valence-electron chi connectivity index (χ0n) is 21.0. The van der Waals surface area contributed by atoms with Gasteiger partial charge in [0.05, 0.1) is 5.02 Å². The van der Waals surface area contributed by atoms with E-state index >= 15 is 4.39 Å². The Morgan fingerprint density at radius 3 is 2.45 bits per heavy atom. The molecule has 1 aliphatic carbocycles. The van der Waals surface area contributed by atoms with E-state index in [9.17, 15) is 9.59 Å². The van der Waals surface area contributed by atoms with Gasteiger partial charge in [-0.2, -0.15) is 0 Å². The van der Waals surface area contributed by atoms with E-state index in [1.165, 1.54) is 17.4 Å². The number of hydrogen-bond acceptors (Lipinski definition) is 4. The lowest BCUT2D eigenvalue weighted by Crippen LogP contribution is -2.44. The first-order valence-corrected chi connectivity index (χ1v) is 13.9. The van der Waals surface area contributed by atoms with Crippen molar-refractivity contribution in [1.82, 2.24) is 10.2 Å². The van der Waals surface area contributed by atoms with E-state index in [2.05, 4.69) is 10.6 Å². The number of benzene rings is 3. The lowest BCUT2D eigenvalue weighted by Gasteiger charge is -2.37. The molecule has 0 spiro atoms. The molecular weight excluding hydrogens is 521 g/mol. The number of anilines is 1. The van der Waals surface area contributed by atoms with Gasteiger partial charge in [-0.1, -0.05) is 48.0 Å². The summed E-state index contributed by atoms with van der Waals surface area (Å²) in [6.07, 6.45) is 4.21. The van der Waals surface area contributed by atoms with Gasteiger partial charge >= 0.3 is 0 Å². The van der Waals surface area contributed by atoms with Gasteiger partial charge in [0.15, 0.2) is 0 Å². The molecule has 1 fully saturated rings. The molecule has 38 heavy (non-hydrogen) atoms. The van der Waals surface area contributed by atoms with E-state index in [0.29, 0.717) is 33.6 Å². The highest BCUT2D eigenvalue weighted by atomic mass is 35.5. The van der Waals surface area contributed by atoms with Crippen LogP contribution >= 0.6 is 22.9 Å². The molecule has 4 aromatic rings. The Kier molecular flexibility index (Phi) is 8.07. The molecule has 0 aliphatic heterocycles. The summed E-state index contributed by atoms with van der Waals surface area (Å²) in [5.41, 5.74) is 2.87. The number of hydrogen-bond donors (Lipinski definition) is 2. The molecule has 2 N–H and O–H groups in total. The van der Waals surface area contributed by atoms with Crippen LogP contribution in [-0.2, 0) is 11.3 Å². The lowest BCUT2D eigenvalue weighted by atomic mass is 9.89. The monoisotopic (exact) mass is 549 g/mol. The number of amides is 2. The van der Waals surface area contributed by atoms with Gasteiger partial charge in [0.1, 0.15) is 10.7 Å². The van der Waals surface area contributed by atoms with Gasteiger partial charge in [-0.25, -0.2) is 4.39 Å². The summed E-state index contributed by atoms with van der Waals surface area (Å²) in [6.45, 7) is 0.156. The molecule has 1 saturated carbocycles. The summed E-state index contributed by atoms with van der Waals surface area (Å²) in [6, 6.07) is 20.5. The Bertz CT molecular complexity index is 1450. The maximum absolute atomic E-state index is 15.2. The lowest BCUT2D eigenvalue weighted by molar-refractivity contribution is -0.105. The van der Waals surface area contributed by atoms with Crippen LogP contribution < -0.4 is 10.6 Å². The number of carbonyl (C=O) groups is 2. The Hall–Kier alpha value is -3.26. The number of fused-ring (bicyclic) bond motifs is 1. The second kappa shape index (κ2) is 11.6. The molecule has 2 amide bonds. The maximum Gasteiger partial charge on any atom is 0.266 e. The van der Waals surface area contributed by atoms with Crippen LogP contribution in [0.3, 0.4) is 0 Å². The van der Waals surface area contributed by atoms with Gasteiger partial charge in [-0.15, -0.1) is 11.3 Å². The fourth-order valence-electron chi connectivity index (χ4n) is 5.21. The molecule has 5 nitrogen and oxygen atoms in total. The van der Waals surface area contributed by atoms with Crippen LogP contribution in [0.4, 0.5) is 10.1 Å². The number of halogens is 2. The molecule has 196 valence electrons. The fraction of sp³-hybridized carbons (Fsp3) is 0.267. The van der Waals surface area contributed by atoms with Crippen LogP contribution in [0, 0.1) is 5.82 Å². The van der Waals surface area contributed by atoms with Gasteiger partial charge in [-0.3, -0.25) is 9.59 Å². The minimum absolute atomic E-state index is 0.00914. The van der Waals surface area contributed by atoms with Crippen molar-refractivity contribution in [1.29, 1.82) is 0 Å². The van der Waals surface area contributed by atoms with E-state index in [-0.39, 0.29) is 24.3 Å². The maximum atomic E-state index is 15.2. The van der Waals surface area contributed by atoms with E-state index < -0.39 is 0 Å². The molecule has 0 atom stereocenters. The molecule has 5 rings (SSSR count). The second-order valence-corrected chi connectivity index (χ2v) is 11.0. The third kappa shape index (κ3) is 5.46. The Labute approximate surface area is 230 Å². The molecule has 1 aliphatic rings. The van der Waals surface area contributed by atoms with Crippen molar-refractivity contribution in [2.24, 2.45) is 0 Å². The second-order valence-electron chi connectivity index (χ2n) is 9.61. The first-order chi connectivity index (χ1) is 18.5. The molecule has 8 heteroatoms. The summed E-state index contributed by atoms with van der Waals surface area (Å²) in [5, 5.41) is 7.28. The topological polar surface area (TPSA) is 61.4 Å². The van der Waals surface area contributed by atoms with Crippen LogP contribution in [0.2, 0.25) is 5.02 Å². The number of rotatable bonds is 8. The number of thiophene rings is 1. The molecular formula is C30H29ClFN3O2S. The first-order valence-electron chi connectivity index (χ1n) is 12.7. The van der Waals surface area contributed by atoms with Crippen LogP contribution in [0.25, 0.3) is 21.2 Å². The van der Waals surface area contributed by atoms with Gasteiger partial charge in [-0.05, 0) is 74.2 Å². The average Bonchev–Trinajstić information content (AvgIpc) is 3.29. The van der Waals surface area contributed by atoms with Crippen molar-refractivity contribution >= 4 is 51.0 Å². The summed E-state index contributed by atoms with van der Waals surface area (Å²) in [4.78, 5) is 27.1. The van der Waals surface area contributed by atoms with Crippen molar-refractivity contribution in [2.75, 3.05) is 12.4 Å². The molecule has 0 unspecified atom stereocenters. The Morgan fingerprint density at radius 2 is 1.76 bits per heavy atom. The average molecular weight is 550 g/mol. The first kappa shape index (κ1) is 26.4. The smallest absolute Gasteiger partial charge is 0.266 e. The summed E-state index contributed by atoms with van der Waals surface area (Å²) in [7, 11) is 1.97. The van der Waals surface area contributed by atoms with Crippen molar-refractivity contribution < 1.29 is 14.0 Å². The largest absolute Gasteiger partial charge is 0.330 e. The summed E-state index contributed by atoms with van der Waals surface area (Å²) < 4.78 is 16.1. The van der Waals surface area contributed by atoms with Crippen molar-refractivity contribution in [3.63, 3.8) is 0 Å². The number of nitrogens with zero attached hydrogens (tertiary/aromatic N) is 1. The molecule has 0 radical (unpaired) electrons. The van der Waals surface area contributed by atoms with Gasteiger partial charge in [0.25, 0.3) is 5.91 Å². The highest BCUT2D eigenvalue weighted by Crippen LogP contribution is 2.38. The highest BCUT2D eigenvalue weighted by Gasteiger charge is 2.32. The quantitative estimate of drug-likeness (QED) is 0.230. The van der Waals surface area contributed by atoms with E-state index in [4.69, 9.17) is 11.6 Å². The molecule has 0 bridgehead atoms. The highest BCUT2D eigenvalue weighted by molar-refractivity contribution is 7.21. The SMILES string of the molecule is CN[C@H]1CC[C@H](N(Cc2cc(-c3ccc(NC=O)cc3)ccc2F)C(=O)c2sc3ccccc3c2Cl)CC1. The van der Waals surface area contributed by atoms with Crippen LogP contribution in [0.5, 0.6) is 0 Å². The van der Waals surface area contributed by atoms with Crippen LogP contribution in [-0.4, -0.2) is 36.3 Å². The molecule has 1 heterocycles. The molecule has 3 aromatic carbocycles. The molecule has 1 aromatic heterocycles. The normalized spacial score (nSPS) is 17.3. The van der Waals surface area contributed by atoms with Crippen LogP contribution in [0.1, 0.15) is 40.9 Å². The van der Waals surface area contributed by atoms with E-state index in [1.807, 2.05) is 54.4 Å². The minimum Gasteiger partial charge on any atom is -0.330 e.